The smallest absolute Gasteiger partial charge is 0.343 e. The van der Waals surface area contributed by atoms with E-state index in [0.717, 1.165) is 3.57 Å². The van der Waals surface area contributed by atoms with Crippen molar-refractivity contribution >= 4 is 34.3 Å². The molecular weight excluding hydrogens is 357 g/mol. The summed E-state index contributed by atoms with van der Waals surface area (Å²) in [7, 11) is 3.50. The van der Waals surface area contributed by atoms with Gasteiger partial charge in [0.05, 0.1) is 6.61 Å². The summed E-state index contributed by atoms with van der Waals surface area (Å²) in [6.07, 6.45) is 1.49. The van der Waals surface area contributed by atoms with Crippen LogP contribution in [0.1, 0.15) is 17.3 Å². The number of ketones is 1. The normalized spacial score (nSPS) is 11.1. The van der Waals surface area contributed by atoms with Gasteiger partial charge >= 0.3 is 5.97 Å². The van der Waals surface area contributed by atoms with E-state index in [1.807, 2.05) is 6.07 Å². The van der Waals surface area contributed by atoms with Crippen molar-refractivity contribution in [1.82, 2.24) is 4.90 Å². The van der Waals surface area contributed by atoms with E-state index in [1.54, 1.807) is 44.1 Å². The van der Waals surface area contributed by atoms with Gasteiger partial charge in [0.25, 0.3) is 0 Å². The zero-order valence-corrected chi connectivity index (χ0v) is 13.3. The number of hydrogen-bond acceptors (Lipinski definition) is 4. The van der Waals surface area contributed by atoms with Crippen LogP contribution in [0.4, 0.5) is 0 Å². The molecule has 0 aliphatic heterocycles. The van der Waals surface area contributed by atoms with Gasteiger partial charge in [-0.05, 0) is 41.6 Å². The fourth-order valence-corrected chi connectivity index (χ4v) is 2.00. The third-order valence-corrected chi connectivity index (χ3v) is 2.89. The molecule has 0 aromatic heterocycles. The summed E-state index contributed by atoms with van der Waals surface area (Å²) in [4.78, 5) is 25.8. The van der Waals surface area contributed by atoms with Gasteiger partial charge in [-0.2, -0.15) is 0 Å². The molecule has 102 valence electrons. The van der Waals surface area contributed by atoms with E-state index in [2.05, 4.69) is 22.6 Å². The lowest BCUT2D eigenvalue weighted by molar-refractivity contribution is -0.138. The number of hydrogen-bond donors (Lipinski definition) is 0. The third-order valence-electron chi connectivity index (χ3n) is 2.21. The summed E-state index contributed by atoms with van der Waals surface area (Å²) in [6.45, 7) is 1.95. The topological polar surface area (TPSA) is 46.6 Å². The highest BCUT2D eigenvalue weighted by Gasteiger charge is 2.21. The van der Waals surface area contributed by atoms with Crippen LogP contribution in [-0.2, 0) is 9.53 Å². The van der Waals surface area contributed by atoms with Crippen molar-refractivity contribution in [3.05, 3.63) is 45.2 Å². The quantitative estimate of drug-likeness (QED) is 0.199. The van der Waals surface area contributed by atoms with E-state index in [1.165, 1.54) is 6.20 Å². The fraction of sp³-hybridized carbons (Fsp3) is 0.286. The Bertz CT molecular complexity index is 509. The highest BCUT2D eigenvalue weighted by atomic mass is 127. The van der Waals surface area contributed by atoms with Crippen molar-refractivity contribution in [2.75, 3.05) is 20.7 Å². The van der Waals surface area contributed by atoms with E-state index < -0.39 is 5.97 Å². The van der Waals surface area contributed by atoms with Gasteiger partial charge in [-0.3, -0.25) is 4.79 Å². The highest BCUT2D eigenvalue weighted by molar-refractivity contribution is 14.1. The standard InChI is InChI=1S/C14H16INO3/c1-4-19-14(18)12(9-16(2)3)13(17)10-6-5-7-11(15)8-10/h5-9H,4H2,1-3H3/b12-9+. The van der Waals surface area contributed by atoms with Gasteiger partial charge in [0, 0.05) is 29.4 Å². The van der Waals surface area contributed by atoms with E-state index in [4.69, 9.17) is 4.74 Å². The van der Waals surface area contributed by atoms with E-state index in [9.17, 15) is 9.59 Å². The molecule has 0 aliphatic rings. The Morgan fingerprint density at radius 1 is 1.37 bits per heavy atom. The predicted molar refractivity (Wildman–Crippen MR) is 81.9 cm³/mol. The molecular formula is C14H16INO3. The first-order valence-corrected chi connectivity index (χ1v) is 6.89. The summed E-state index contributed by atoms with van der Waals surface area (Å²) < 4.78 is 5.86. The zero-order valence-electron chi connectivity index (χ0n) is 11.1. The highest BCUT2D eigenvalue weighted by Crippen LogP contribution is 2.14. The Labute approximate surface area is 126 Å². The number of carbonyl (C=O) groups excluding carboxylic acids is 2. The van der Waals surface area contributed by atoms with Crippen LogP contribution in [0.2, 0.25) is 0 Å². The second-order valence-corrected chi connectivity index (χ2v) is 5.31. The first kappa shape index (κ1) is 15.7. The molecule has 0 radical (unpaired) electrons. The molecule has 0 heterocycles. The van der Waals surface area contributed by atoms with Crippen LogP contribution in [0.3, 0.4) is 0 Å². The molecule has 0 fully saturated rings. The maximum atomic E-state index is 12.3. The molecule has 0 bridgehead atoms. The van der Waals surface area contributed by atoms with Crippen molar-refractivity contribution in [3.8, 4) is 0 Å². The molecule has 1 rings (SSSR count). The number of nitrogens with zero attached hydrogens (tertiary/aromatic N) is 1. The second kappa shape index (κ2) is 7.28. The number of carbonyl (C=O) groups is 2. The first-order chi connectivity index (χ1) is 8.95. The molecule has 0 N–H and O–H groups in total. The molecule has 0 saturated carbocycles. The average molecular weight is 373 g/mol. The third kappa shape index (κ3) is 4.66. The monoisotopic (exact) mass is 373 g/mol. The van der Waals surface area contributed by atoms with Crippen LogP contribution in [0.15, 0.2) is 36.0 Å². The van der Waals surface area contributed by atoms with Crippen LogP contribution >= 0.6 is 22.6 Å². The summed E-state index contributed by atoms with van der Waals surface area (Å²) in [5, 5.41) is 0. The maximum absolute atomic E-state index is 12.3. The molecule has 19 heavy (non-hydrogen) atoms. The molecule has 1 aromatic carbocycles. The Hall–Kier alpha value is -1.37. The van der Waals surface area contributed by atoms with E-state index >= 15 is 0 Å². The number of Topliss-reactive ketones (excluding diaryl/α,β-unsaturated/α-hetero) is 1. The van der Waals surface area contributed by atoms with Gasteiger partial charge in [0.1, 0.15) is 5.57 Å². The van der Waals surface area contributed by atoms with Gasteiger partial charge in [-0.1, -0.05) is 12.1 Å². The lowest BCUT2D eigenvalue weighted by Crippen LogP contribution is -2.19. The Kier molecular flexibility index (Phi) is 6.01. The van der Waals surface area contributed by atoms with Crippen LogP contribution in [0.25, 0.3) is 0 Å². The Morgan fingerprint density at radius 2 is 2.05 bits per heavy atom. The van der Waals surface area contributed by atoms with E-state index in [-0.39, 0.29) is 18.0 Å². The molecule has 5 heteroatoms. The van der Waals surface area contributed by atoms with Crippen molar-refractivity contribution < 1.29 is 14.3 Å². The van der Waals surface area contributed by atoms with Crippen molar-refractivity contribution in [2.45, 2.75) is 6.92 Å². The Morgan fingerprint density at radius 3 is 2.58 bits per heavy atom. The number of rotatable bonds is 5. The summed E-state index contributed by atoms with van der Waals surface area (Å²) in [5.41, 5.74) is 0.516. The van der Waals surface area contributed by atoms with Gasteiger partial charge < -0.3 is 9.64 Å². The molecule has 0 saturated heterocycles. The first-order valence-electron chi connectivity index (χ1n) is 5.81. The summed E-state index contributed by atoms with van der Waals surface area (Å²) in [5.74, 6) is -0.925. The summed E-state index contributed by atoms with van der Waals surface area (Å²) >= 11 is 2.12. The SMILES string of the molecule is CCOC(=O)/C(=C/N(C)C)C(=O)c1cccc(I)c1. The minimum atomic E-state index is -0.597. The van der Waals surface area contributed by atoms with Gasteiger partial charge in [0.2, 0.25) is 5.78 Å². The number of ether oxygens (including phenoxy) is 1. The number of benzene rings is 1. The fourth-order valence-electron chi connectivity index (χ4n) is 1.46. The van der Waals surface area contributed by atoms with Crippen LogP contribution < -0.4 is 0 Å². The number of esters is 1. The predicted octanol–water partition coefficient (Wildman–Crippen LogP) is 2.48. The van der Waals surface area contributed by atoms with Crippen molar-refractivity contribution in [2.24, 2.45) is 0 Å². The van der Waals surface area contributed by atoms with E-state index in [0.29, 0.717) is 5.56 Å². The zero-order chi connectivity index (χ0) is 14.4. The van der Waals surface area contributed by atoms with Gasteiger partial charge in [-0.25, -0.2) is 4.79 Å². The maximum Gasteiger partial charge on any atom is 0.343 e. The van der Waals surface area contributed by atoms with Gasteiger partial charge in [-0.15, -0.1) is 0 Å². The van der Waals surface area contributed by atoms with Crippen molar-refractivity contribution in [3.63, 3.8) is 0 Å². The van der Waals surface area contributed by atoms with Crippen molar-refractivity contribution in [1.29, 1.82) is 0 Å². The van der Waals surface area contributed by atoms with Crippen LogP contribution in [0, 0.1) is 3.57 Å². The molecule has 4 nitrogen and oxygen atoms in total. The molecule has 0 unspecified atom stereocenters. The minimum absolute atomic E-state index is 0.0360. The lowest BCUT2D eigenvalue weighted by Gasteiger charge is -2.10. The molecule has 0 aliphatic carbocycles. The molecule has 0 atom stereocenters. The Balaban J connectivity index is 3.12. The number of halogens is 1. The van der Waals surface area contributed by atoms with Crippen LogP contribution in [-0.4, -0.2) is 37.4 Å². The van der Waals surface area contributed by atoms with Crippen LogP contribution in [0.5, 0.6) is 0 Å². The lowest BCUT2D eigenvalue weighted by atomic mass is 10.0. The second-order valence-electron chi connectivity index (χ2n) is 4.07. The van der Waals surface area contributed by atoms with Gasteiger partial charge in [0.15, 0.2) is 0 Å². The average Bonchev–Trinajstić information content (AvgIpc) is 2.35. The molecule has 0 spiro atoms. The largest absolute Gasteiger partial charge is 0.462 e. The molecule has 1 aromatic rings. The summed E-state index contributed by atoms with van der Waals surface area (Å²) in [6, 6.07) is 7.10. The molecule has 0 amide bonds. The minimum Gasteiger partial charge on any atom is -0.462 e.